The first kappa shape index (κ1) is 18.6. The summed E-state index contributed by atoms with van der Waals surface area (Å²) in [5, 5.41) is 0. The van der Waals surface area contributed by atoms with E-state index in [0.29, 0.717) is 0 Å². The summed E-state index contributed by atoms with van der Waals surface area (Å²) >= 11 is 0. The van der Waals surface area contributed by atoms with Crippen LogP contribution in [0.2, 0.25) is 0 Å². The Labute approximate surface area is 155 Å². The molecule has 1 fully saturated rings. The molecule has 1 saturated heterocycles. The predicted molar refractivity (Wildman–Crippen MR) is 101 cm³/mol. The number of hydrogen-bond donors (Lipinski definition) is 0. The van der Waals surface area contributed by atoms with E-state index < -0.39 is 0 Å². The van der Waals surface area contributed by atoms with Gasteiger partial charge in [-0.15, -0.1) is 0 Å². The van der Waals surface area contributed by atoms with Crippen LogP contribution in [0, 0.1) is 0 Å². The van der Waals surface area contributed by atoms with Crippen LogP contribution >= 0.6 is 0 Å². The lowest BCUT2D eigenvalue weighted by Crippen LogP contribution is -2.25. The van der Waals surface area contributed by atoms with E-state index in [-0.39, 0.29) is 6.04 Å². The Morgan fingerprint density at radius 2 is 1.88 bits per heavy atom. The fourth-order valence-electron chi connectivity index (χ4n) is 3.49. The van der Waals surface area contributed by atoms with Gasteiger partial charge in [0, 0.05) is 25.4 Å². The quantitative estimate of drug-likeness (QED) is 0.760. The number of benzene rings is 1. The van der Waals surface area contributed by atoms with Gasteiger partial charge >= 0.3 is 0 Å². The Kier molecular flexibility index (Phi) is 6.06. The highest BCUT2D eigenvalue weighted by molar-refractivity contribution is 5.38. The molecular weight excluding hydrogens is 328 g/mol. The lowest BCUT2D eigenvalue weighted by Gasteiger charge is -2.24. The maximum atomic E-state index is 5.40. The van der Waals surface area contributed by atoms with Gasteiger partial charge in [-0.3, -0.25) is 4.90 Å². The first-order chi connectivity index (χ1) is 12.6. The molecule has 2 heterocycles. The van der Waals surface area contributed by atoms with E-state index in [1.807, 2.05) is 18.3 Å². The van der Waals surface area contributed by atoms with Crippen LogP contribution in [-0.4, -0.2) is 54.6 Å². The summed E-state index contributed by atoms with van der Waals surface area (Å²) in [4.78, 5) is 14.0. The molecule has 26 heavy (non-hydrogen) atoms. The topological polar surface area (TPSA) is 50.7 Å². The molecule has 1 atom stereocenters. The van der Waals surface area contributed by atoms with Gasteiger partial charge in [-0.2, -0.15) is 0 Å². The highest BCUT2D eigenvalue weighted by Crippen LogP contribution is 2.32. The minimum absolute atomic E-state index is 0.259. The predicted octanol–water partition coefficient (Wildman–Crippen LogP) is 2.89. The van der Waals surface area contributed by atoms with Crippen molar-refractivity contribution in [3.8, 4) is 11.5 Å². The molecule has 0 radical (unpaired) electrons. The Morgan fingerprint density at radius 3 is 2.54 bits per heavy atom. The van der Waals surface area contributed by atoms with Crippen molar-refractivity contribution in [2.45, 2.75) is 32.0 Å². The van der Waals surface area contributed by atoms with Gasteiger partial charge in [0.2, 0.25) is 0 Å². The monoisotopic (exact) mass is 356 g/mol. The van der Waals surface area contributed by atoms with E-state index in [9.17, 15) is 0 Å². The summed E-state index contributed by atoms with van der Waals surface area (Å²) in [5.41, 5.74) is 2.24. The van der Waals surface area contributed by atoms with E-state index in [4.69, 9.17) is 14.5 Å². The second-order valence-electron chi connectivity index (χ2n) is 6.99. The zero-order chi connectivity index (χ0) is 18.5. The van der Waals surface area contributed by atoms with Crippen LogP contribution in [0.3, 0.4) is 0 Å². The van der Waals surface area contributed by atoms with E-state index in [1.165, 1.54) is 5.56 Å². The Hall–Kier alpha value is -2.18. The molecule has 1 aliphatic rings. The summed E-state index contributed by atoms with van der Waals surface area (Å²) in [6.07, 6.45) is 4.13. The van der Waals surface area contributed by atoms with Crippen molar-refractivity contribution in [3.05, 3.63) is 47.5 Å². The molecule has 0 amide bonds. The summed E-state index contributed by atoms with van der Waals surface area (Å²) in [6.45, 7) is 2.71. The van der Waals surface area contributed by atoms with Crippen molar-refractivity contribution in [1.82, 2.24) is 19.8 Å². The standard InChI is InChI=1S/C20H28N4O2/c1-23(2)14-16-7-8-21-20(22-16)19-6-5-9-24(19)13-15-10-17(25-3)12-18(11-15)26-4/h7-8,10-12,19H,5-6,9,13-14H2,1-4H3/t19-/m1/s1. The van der Waals surface area contributed by atoms with E-state index in [0.717, 1.165) is 55.5 Å². The second kappa shape index (κ2) is 8.47. The molecule has 3 rings (SSSR count). The third-order valence-electron chi connectivity index (χ3n) is 4.67. The molecule has 0 bridgehead atoms. The van der Waals surface area contributed by atoms with Crippen LogP contribution in [0.5, 0.6) is 11.5 Å². The third kappa shape index (κ3) is 4.51. The highest BCUT2D eigenvalue weighted by atomic mass is 16.5. The summed E-state index contributed by atoms with van der Waals surface area (Å²) < 4.78 is 10.8. The molecule has 140 valence electrons. The van der Waals surface area contributed by atoms with Crippen molar-refractivity contribution >= 4 is 0 Å². The number of methoxy groups -OCH3 is 2. The number of aromatic nitrogens is 2. The SMILES string of the molecule is COc1cc(CN2CCC[C@@H]2c2nccc(CN(C)C)n2)cc(OC)c1. The minimum Gasteiger partial charge on any atom is -0.497 e. The normalized spacial score (nSPS) is 17.7. The van der Waals surface area contributed by atoms with Crippen molar-refractivity contribution in [2.75, 3.05) is 34.9 Å². The molecule has 2 aromatic rings. The molecule has 0 unspecified atom stereocenters. The Bertz CT molecular complexity index is 713. The van der Waals surface area contributed by atoms with Gasteiger partial charge in [0.1, 0.15) is 17.3 Å². The highest BCUT2D eigenvalue weighted by Gasteiger charge is 2.28. The number of ether oxygens (including phenoxy) is 2. The van der Waals surface area contributed by atoms with Crippen molar-refractivity contribution in [3.63, 3.8) is 0 Å². The first-order valence-electron chi connectivity index (χ1n) is 9.01. The molecule has 6 heteroatoms. The van der Waals surface area contributed by atoms with Gasteiger partial charge in [-0.05, 0) is 57.2 Å². The van der Waals surface area contributed by atoms with Crippen LogP contribution in [0.1, 0.15) is 36.0 Å². The van der Waals surface area contributed by atoms with Gasteiger partial charge in [0.05, 0.1) is 26.0 Å². The molecule has 0 saturated carbocycles. The molecule has 0 spiro atoms. The number of nitrogens with zero attached hydrogens (tertiary/aromatic N) is 4. The van der Waals surface area contributed by atoms with Crippen LogP contribution in [0.25, 0.3) is 0 Å². The van der Waals surface area contributed by atoms with Crippen LogP contribution in [0.15, 0.2) is 30.5 Å². The largest absolute Gasteiger partial charge is 0.497 e. The van der Waals surface area contributed by atoms with E-state index in [1.54, 1.807) is 14.2 Å². The van der Waals surface area contributed by atoms with E-state index >= 15 is 0 Å². The van der Waals surface area contributed by atoms with Crippen molar-refractivity contribution in [2.24, 2.45) is 0 Å². The zero-order valence-electron chi connectivity index (χ0n) is 16.1. The van der Waals surface area contributed by atoms with Gasteiger partial charge in [0.15, 0.2) is 0 Å². The van der Waals surface area contributed by atoms with Crippen molar-refractivity contribution in [1.29, 1.82) is 0 Å². The van der Waals surface area contributed by atoms with Gasteiger partial charge < -0.3 is 14.4 Å². The smallest absolute Gasteiger partial charge is 0.145 e. The van der Waals surface area contributed by atoms with Gasteiger partial charge in [0.25, 0.3) is 0 Å². The minimum atomic E-state index is 0.259. The van der Waals surface area contributed by atoms with Gasteiger partial charge in [-0.1, -0.05) is 0 Å². The summed E-state index contributed by atoms with van der Waals surface area (Å²) in [6, 6.07) is 8.30. The van der Waals surface area contributed by atoms with Gasteiger partial charge in [-0.25, -0.2) is 9.97 Å². The average Bonchev–Trinajstić information content (AvgIpc) is 3.09. The van der Waals surface area contributed by atoms with Crippen LogP contribution in [-0.2, 0) is 13.1 Å². The van der Waals surface area contributed by atoms with Crippen LogP contribution < -0.4 is 9.47 Å². The Morgan fingerprint density at radius 1 is 1.15 bits per heavy atom. The number of hydrogen-bond acceptors (Lipinski definition) is 6. The molecule has 6 nitrogen and oxygen atoms in total. The summed E-state index contributed by atoms with van der Waals surface area (Å²) in [7, 11) is 7.47. The first-order valence-corrected chi connectivity index (χ1v) is 9.01. The lowest BCUT2D eigenvalue weighted by molar-refractivity contribution is 0.238. The second-order valence-corrected chi connectivity index (χ2v) is 6.99. The molecule has 0 N–H and O–H groups in total. The Balaban J connectivity index is 1.78. The van der Waals surface area contributed by atoms with Crippen molar-refractivity contribution < 1.29 is 9.47 Å². The van der Waals surface area contributed by atoms with E-state index in [2.05, 4.69) is 41.0 Å². The fraction of sp³-hybridized carbons (Fsp3) is 0.500. The molecule has 0 aliphatic carbocycles. The fourth-order valence-corrected chi connectivity index (χ4v) is 3.49. The lowest BCUT2D eigenvalue weighted by atomic mass is 10.1. The average molecular weight is 356 g/mol. The summed E-state index contributed by atoms with van der Waals surface area (Å²) in [5.74, 6) is 2.57. The zero-order valence-corrected chi connectivity index (χ0v) is 16.1. The number of rotatable bonds is 7. The molecule has 1 aromatic heterocycles. The molecular formula is C20H28N4O2. The van der Waals surface area contributed by atoms with Crippen LogP contribution in [0.4, 0.5) is 0 Å². The maximum Gasteiger partial charge on any atom is 0.145 e. The number of likely N-dealkylation sites (tertiary alicyclic amines) is 1. The third-order valence-corrected chi connectivity index (χ3v) is 4.67. The maximum absolute atomic E-state index is 5.40. The molecule has 1 aromatic carbocycles. The molecule has 1 aliphatic heterocycles.